The molecule has 0 saturated carbocycles. The van der Waals surface area contributed by atoms with Gasteiger partial charge in [-0.3, -0.25) is 0 Å². The summed E-state index contributed by atoms with van der Waals surface area (Å²) in [6, 6.07) is 14.1. The molecule has 1 aliphatic heterocycles. The number of rotatable bonds is 10. The molecule has 39 heavy (non-hydrogen) atoms. The van der Waals surface area contributed by atoms with E-state index in [4.69, 9.17) is 14.0 Å². The number of ether oxygens (including phenoxy) is 1. The first-order valence-corrected chi connectivity index (χ1v) is 15.8. The van der Waals surface area contributed by atoms with Crippen LogP contribution in [0.4, 0.5) is 10.3 Å². The van der Waals surface area contributed by atoms with Gasteiger partial charge in [-0.15, -0.1) is 18.1 Å². The van der Waals surface area contributed by atoms with Crippen LogP contribution in [0, 0.1) is 5.82 Å². The Balaban J connectivity index is 1.26. The summed E-state index contributed by atoms with van der Waals surface area (Å²) < 4.78 is 26.7. The molecule has 0 spiro atoms. The Kier molecular flexibility index (Phi) is 8.76. The third-order valence-electron chi connectivity index (χ3n) is 7.06. The number of hydrogen-bond acceptors (Lipinski definition) is 8. The molecule has 0 unspecified atom stereocenters. The predicted octanol–water partition coefficient (Wildman–Crippen LogP) is 5.85. The van der Waals surface area contributed by atoms with Gasteiger partial charge in [-0.05, 0) is 20.5 Å². The number of aromatic nitrogens is 2. The Hall–Kier alpha value is -3.63. The zero-order valence-electron chi connectivity index (χ0n) is 23.1. The average molecular weight is 551 g/mol. The molecule has 207 valence electrons. The van der Waals surface area contributed by atoms with Gasteiger partial charge in [0.25, 0.3) is 0 Å². The quantitative estimate of drug-likeness (QED) is 0.135. The summed E-state index contributed by atoms with van der Waals surface area (Å²) in [6.45, 7) is 12.4. The van der Waals surface area contributed by atoms with Gasteiger partial charge in [-0.1, -0.05) is 62.3 Å². The van der Waals surface area contributed by atoms with E-state index in [0.29, 0.717) is 41.3 Å². The maximum atomic E-state index is 15.3. The molecule has 10 heteroatoms. The van der Waals surface area contributed by atoms with Gasteiger partial charge in [-0.25, -0.2) is 19.2 Å². The lowest BCUT2D eigenvalue weighted by Gasteiger charge is -2.48. The SMILES string of the molecule is CC(C)(C)[Si-](C)(C)OCc1cccc(-c2cnc(N3CC(=NOCCOC(=O)c4ccccc4)C3)nc2)c1F. The van der Waals surface area contributed by atoms with E-state index in [2.05, 4.69) is 49.0 Å². The Labute approximate surface area is 230 Å². The Morgan fingerprint density at radius 2 is 1.72 bits per heavy atom. The van der Waals surface area contributed by atoms with Crippen LogP contribution in [0.3, 0.4) is 0 Å². The zero-order valence-corrected chi connectivity index (χ0v) is 24.1. The molecule has 0 bridgehead atoms. The van der Waals surface area contributed by atoms with Crippen LogP contribution < -0.4 is 4.90 Å². The van der Waals surface area contributed by atoms with Crippen molar-refractivity contribution < 1.29 is 23.2 Å². The number of halogens is 1. The number of anilines is 1. The normalized spacial score (nSPS) is 13.6. The molecule has 1 aliphatic rings. The summed E-state index contributed by atoms with van der Waals surface area (Å²) in [5, 5.41) is 4.13. The number of carbonyl (C=O) groups excluding carboxylic acids is 1. The second kappa shape index (κ2) is 12.0. The molecule has 1 saturated heterocycles. The highest BCUT2D eigenvalue weighted by molar-refractivity contribution is 6.74. The minimum absolute atomic E-state index is 0.0513. The molecule has 4 rings (SSSR count). The van der Waals surface area contributed by atoms with Gasteiger partial charge in [0.2, 0.25) is 5.95 Å². The molecule has 0 amide bonds. The van der Waals surface area contributed by atoms with E-state index in [9.17, 15) is 4.79 Å². The maximum Gasteiger partial charge on any atom is 0.338 e. The summed E-state index contributed by atoms with van der Waals surface area (Å²) in [4.78, 5) is 27.9. The Morgan fingerprint density at radius 1 is 1.03 bits per heavy atom. The van der Waals surface area contributed by atoms with Crippen molar-refractivity contribution in [3.63, 3.8) is 0 Å². The fourth-order valence-corrected chi connectivity index (χ4v) is 4.52. The highest BCUT2D eigenvalue weighted by Crippen LogP contribution is 2.37. The van der Waals surface area contributed by atoms with Crippen molar-refractivity contribution in [1.82, 2.24) is 9.97 Å². The van der Waals surface area contributed by atoms with Crippen LogP contribution in [0.15, 0.2) is 66.1 Å². The molecule has 0 N–H and O–H groups in total. The van der Waals surface area contributed by atoms with Crippen molar-refractivity contribution in [1.29, 1.82) is 0 Å². The van der Waals surface area contributed by atoms with Gasteiger partial charge in [0.15, 0.2) is 6.61 Å². The minimum Gasteiger partial charge on any atom is -0.561 e. The maximum absolute atomic E-state index is 15.3. The van der Waals surface area contributed by atoms with Crippen molar-refractivity contribution >= 4 is 25.9 Å². The average Bonchev–Trinajstić information content (AvgIpc) is 2.89. The lowest BCUT2D eigenvalue weighted by Crippen LogP contribution is -2.48. The van der Waals surface area contributed by atoms with Crippen LogP contribution in [-0.4, -0.2) is 56.3 Å². The molecule has 1 fully saturated rings. The van der Waals surface area contributed by atoms with Crippen LogP contribution in [0.2, 0.25) is 18.1 Å². The summed E-state index contributed by atoms with van der Waals surface area (Å²) in [5.41, 5.74) is 2.91. The van der Waals surface area contributed by atoms with Gasteiger partial charge >= 0.3 is 5.97 Å². The molecule has 1 aromatic heterocycles. The molecular formula is C29H35FN4O4Si-. The largest absolute Gasteiger partial charge is 0.561 e. The van der Waals surface area contributed by atoms with Crippen LogP contribution >= 0.6 is 0 Å². The molecule has 0 aliphatic carbocycles. The van der Waals surface area contributed by atoms with Gasteiger partial charge in [-0.2, -0.15) is 0 Å². The monoisotopic (exact) mass is 550 g/mol. The van der Waals surface area contributed by atoms with E-state index in [0.717, 1.165) is 5.71 Å². The lowest BCUT2D eigenvalue weighted by atomic mass is 10.1. The molecular weight excluding hydrogens is 515 g/mol. The van der Waals surface area contributed by atoms with Crippen molar-refractivity contribution in [3.05, 3.63) is 77.9 Å². The minimum atomic E-state index is -2.00. The number of oxime groups is 1. The summed E-state index contributed by atoms with van der Waals surface area (Å²) in [7, 11) is -2.00. The summed E-state index contributed by atoms with van der Waals surface area (Å²) in [5.74, 6) is -0.168. The van der Waals surface area contributed by atoms with Gasteiger partial charge in [0, 0.05) is 35.7 Å². The lowest BCUT2D eigenvalue weighted by molar-refractivity contribution is 0.0326. The fourth-order valence-electron chi connectivity index (χ4n) is 3.57. The summed E-state index contributed by atoms with van der Waals surface area (Å²) >= 11 is 0. The van der Waals surface area contributed by atoms with Gasteiger partial charge in [0.1, 0.15) is 12.4 Å². The fraction of sp³-hybridized carbons (Fsp3) is 0.379. The summed E-state index contributed by atoms with van der Waals surface area (Å²) in [6.07, 6.45) is 3.26. The number of carbonyl (C=O) groups is 1. The number of hydrogen-bond donors (Lipinski definition) is 0. The van der Waals surface area contributed by atoms with Crippen molar-refractivity contribution in [3.8, 4) is 11.1 Å². The van der Waals surface area contributed by atoms with Crippen molar-refractivity contribution in [2.75, 3.05) is 31.2 Å². The first kappa shape index (κ1) is 28.4. The molecule has 0 atom stereocenters. The molecule has 2 aromatic carbocycles. The molecule has 3 aromatic rings. The second-order valence-corrected chi connectivity index (χ2v) is 15.8. The van der Waals surface area contributed by atoms with E-state index in [1.165, 1.54) is 0 Å². The van der Waals surface area contributed by atoms with E-state index in [1.807, 2.05) is 17.0 Å². The van der Waals surface area contributed by atoms with Gasteiger partial charge in [0.05, 0.1) is 24.4 Å². The smallest absolute Gasteiger partial charge is 0.338 e. The molecule has 8 nitrogen and oxygen atoms in total. The predicted molar refractivity (Wildman–Crippen MR) is 152 cm³/mol. The van der Waals surface area contributed by atoms with E-state index in [1.54, 1.807) is 48.8 Å². The Bertz CT molecular complexity index is 1300. The number of nitrogens with zero attached hydrogens (tertiary/aromatic N) is 4. The molecule has 2 heterocycles. The highest BCUT2D eigenvalue weighted by atomic mass is 28.4. The van der Waals surface area contributed by atoms with Crippen LogP contribution in [0.5, 0.6) is 0 Å². The van der Waals surface area contributed by atoms with Gasteiger partial charge < -0.3 is 18.9 Å². The van der Waals surface area contributed by atoms with Crippen molar-refractivity contribution in [2.24, 2.45) is 5.16 Å². The highest BCUT2D eigenvalue weighted by Gasteiger charge is 2.26. The third kappa shape index (κ3) is 7.07. The van der Waals surface area contributed by atoms with Crippen LogP contribution in [0.1, 0.15) is 36.7 Å². The topological polar surface area (TPSA) is 86.1 Å². The standard InChI is InChI=1S/C29H35FN4O4Si/c1-29(2,3)39(4,5)38-20-22-12-9-13-25(26(22)30)23-16-31-28(32-17-23)34-18-24(19-34)33-37-15-14-36-27(35)21-10-7-6-8-11-21/h6-13,16-17H,14-15,18-20H2,1-5H3/q-1. The van der Waals surface area contributed by atoms with E-state index in [-0.39, 0.29) is 30.7 Å². The zero-order chi connectivity index (χ0) is 28.0. The first-order valence-electron chi connectivity index (χ1n) is 12.9. The first-order chi connectivity index (χ1) is 18.5. The van der Waals surface area contributed by atoms with Crippen molar-refractivity contribution in [2.45, 2.75) is 45.5 Å². The van der Waals surface area contributed by atoms with E-state index >= 15 is 4.39 Å². The molecule has 0 radical (unpaired) electrons. The Morgan fingerprint density at radius 3 is 2.38 bits per heavy atom. The third-order valence-corrected chi connectivity index (χ3v) is 11.5. The van der Waals surface area contributed by atoms with Crippen LogP contribution in [0.25, 0.3) is 11.1 Å². The van der Waals surface area contributed by atoms with E-state index < -0.39 is 14.3 Å². The number of esters is 1. The van der Waals surface area contributed by atoms with Crippen LogP contribution in [-0.2, 0) is 20.6 Å². The second-order valence-electron chi connectivity index (χ2n) is 10.9. The number of benzene rings is 2.